The van der Waals surface area contributed by atoms with E-state index < -0.39 is 0 Å². The van der Waals surface area contributed by atoms with Crippen molar-refractivity contribution in [2.45, 2.75) is 40.5 Å². The number of aryl methyl sites for hydroxylation is 3. The lowest BCUT2D eigenvalue weighted by atomic mass is 9.94. The molecule has 2 aromatic rings. The van der Waals surface area contributed by atoms with Crippen LogP contribution in [0.3, 0.4) is 0 Å². The van der Waals surface area contributed by atoms with Gasteiger partial charge in [-0.05, 0) is 60.1 Å². The Hall–Kier alpha value is -1.56. The molecule has 0 saturated carbocycles. The van der Waals surface area contributed by atoms with Crippen LogP contribution in [0.4, 0.5) is 0 Å². The summed E-state index contributed by atoms with van der Waals surface area (Å²) in [6.45, 7) is 8.86. The summed E-state index contributed by atoms with van der Waals surface area (Å²) in [6, 6.07) is 13.6. The van der Waals surface area contributed by atoms with Gasteiger partial charge >= 0.3 is 0 Å². The molecule has 0 heterocycles. The molecule has 0 atom stereocenters. The molecule has 0 aromatic heterocycles. The van der Waals surface area contributed by atoms with Gasteiger partial charge in [-0.1, -0.05) is 50.2 Å². The molecule has 0 heteroatoms. The second kappa shape index (κ2) is 5.39. The summed E-state index contributed by atoms with van der Waals surface area (Å²) in [6.07, 6.45) is 2.22. The van der Waals surface area contributed by atoms with Crippen LogP contribution in [0, 0.1) is 13.8 Å². The Morgan fingerprint density at radius 3 is 1.72 bits per heavy atom. The zero-order valence-corrected chi connectivity index (χ0v) is 11.9. The van der Waals surface area contributed by atoms with Crippen molar-refractivity contribution in [3.05, 3.63) is 58.7 Å². The summed E-state index contributed by atoms with van der Waals surface area (Å²) in [5.74, 6) is 0. The molecular weight excluding hydrogens is 216 g/mol. The summed E-state index contributed by atoms with van der Waals surface area (Å²) < 4.78 is 0. The van der Waals surface area contributed by atoms with Crippen LogP contribution in [-0.4, -0.2) is 0 Å². The molecular formula is C18H22. The second-order valence-corrected chi connectivity index (χ2v) is 4.99. The zero-order valence-electron chi connectivity index (χ0n) is 11.9. The number of rotatable bonds is 3. The molecule has 0 aliphatic carbocycles. The maximum atomic E-state index is 2.31. The van der Waals surface area contributed by atoms with Gasteiger partial charge in [0, 0.05) is 0 Å². The van der Waals surface area contributed by atoms with Gasteiger partial charge in [0.05, 0.1) is 0 Å². The summed E-state index contributed by atoms with van der Waals surface area (Å²) in [7, 11) is 0. The lowest BCUT2D eigenvalue weighted by molar-refractivity contribution is 1.08. The Morgan fingerprint density at radius 2 is 1.28 bits per heavy atom. The van der Waals surface area contributed by atoms with Crippen LogP contribution >= 0.6 is 0 Å². The van der Waals surface area contributed by atoms with Crippen molar-refractivity contribution in [2.75, 3.05) is 0 Å². The van der Waals surface area contributed by atoms with Crippen molar-refractivity contribution in [2.24, 2.45) is 0 Å². The Balaban J connectivity index is 2.44. The fraction of sp³-hybridized carbons (Fsp3) is 0.333. The van der Waals surface area contributed by atoms with Gasteiger partial charge in [0.25, 0.3) is 0 Å². The third kappa shape index (κ3) is 2.48. The first kappa shape index (κ1) is 12.9. The maximum absolute atomic E-state index is 2.31. The first-order valence-electron chi connectivity index (χ1n) is 6.85. The van der Waals surface area contributed by atoms with Gasteiger partial charge in [0.15, 0.2) is 0 Å². The van der Waals surface area contributed by atoms with E-state index in [4.69, 9.17) is 0 Å². The monoisotopic (exact) mass is 238 g/mol. The van der Waals surface area contributed by atoms with Gasteiger partial charge in [-0.25, -0.2) is 0 Å². The molecule has 0 fully saturated rings. The van der Waals surface area contributed by atoms with E-state index in [1.165, 1.54) is 33.4 Å². The Kier molecular flexibility index (Phi) is 3.86. The van der Waals surface area contributed by atoms with Gasteiger partial charge in [-0.2, -0.15) is 0 Å². The molecule has 0 aliphatic heterocycles. The molecule has 0 amide bonds. The van der Waals surface area contributed by atoms with Crippen LogP contribution in [0.2, 0.25) is 0 Å². The van der Waals surface area contributed by atoms with Crippen molar-refractivity contribution < 1.29 is 0 Å². The highest BCUT2D eigenvalue weighted by atomic mass is 14.1. The number of hydrogen-bond donors (Lipinski definition) is 0. The standard InChI is InChI=1S/C18H22/c1-5-15-7-9-16(10-8-15)17-11-13(3)18(6-2)14(4)12-17/h7-12H,5-6H2,1-4H3. The fourth-order valence-electron chi connectivity index (χ4n) is 2.65. The predicted molar refractivity (Wildman–Crippen MR) is 80.1 cm³/mol. The smallest absolute Gasteiger partial charge is 0.0179 e. The Morgan fingerprint density at radius 1 is 0.722 bits per heavy atom. The van der Waals surface area contributed by atoms with Gasteiger partial charge < -0.3 is 0 Å². The topological polar surface area (TPSA) is 0 Å². The summed E-state index contributed by atoms with van der Waals surface area (Å²) in [5.41, 5.74) is 8.37. The van der Waals surface area contributed by atoms with E-state index in [-0.39, 0.29) is 0 Å². The maximum Gasteiger partial charge on any atom is -0.0179 e. The zero-order chi connectivity index (χ0) is 13.1. The molecule has 0 aliphatic rings. The highest BCUT2D eigenvalue weighted by molar-refractivity contribution is 5.66. The first-order chi connectivity index (χ1) is 8.65. The second-order valence-electron chi connectivity index (χ2n) is 4.99. The van der Waals surface area contributed by atoms with E-state index in [0.717, 1.165) is 12.8 Å². The predicted octanol–water partition coefficient (Wildman–Crippen LogP) is 5.10. The molecule has 0 N–H and O–H groups in total. The number of hydrogen-bond acceptors (Lipinski definition) is 0. The molecule has 0 radical (unpaired) electrons. The van der Waals surface area contributed by atoms with Crippen molar-refractivity contribution in [3.63, 3.8) is 0 Å². The van der Waals surface area contributed by atoms with Crippen LogP contribution in [0.15, 0.2) is 36.4 Å². The van der Waals surface area contributed by atoms with Crippen LogP contribution in [0.1, 0.15) is 36.1 Å². The van der Waals surface area contributed by atoms with Crippen LogP contribution < -0.4 is 0 Å². The minimum absolute atomic E-state index is 1.10. The van der Waals surface area contributed by atoms with Crippen molar-refractivity contribution >= 4 is 0 Å². The quantitative estimate of drug-likeness (QED) is 0.698. The van der Waals surface area contributed by atoms with E-state index in [0.29, 0.717) is 0 Å². The highest BCUT2D eigenvalue weighted by Gasteiger charge is 2.05. The Labute approximate surface area is 111 Å². The van der Waals surface area contributed by atoms with Crippen molar-refractivity contribution in [3.8, 4) is 11.1 Å². The van der Waals surface area contributed by atoms with Gasteiger partial charge in [0.1, 0.15) is 0 Å². The normalized spacial score (nSPS) is 10.7. The van der Waals surface area contributed by atoms with E-state index in [1.807, 2.05) is 0 Å². The largest absolute Gasteiger partial charge is 0.0613 e. The Bertz CT molecular complexity index is 509. The minimum Gasteiger partial charge on any atom is -0.0613 e. The van der Waals surface area contributed by atoms with E-state index in [2.05, 4.69) is 64.1 Å². The average molecular weight is 238 g/mol. The van der Waals surface area contributed by atoms with Crippen LogP contribution in [0.5, 0.6) is 0 Å². The highest BCUT2D eigenvalue weighted by Crippen LogP contribution is 2.26. The minimum atomic E-state index is 1.10. The number of benzene rings is 2. The van der Waals surface area contributed by atoms with Gasteiger partial charge in [0.2, 0.25) is 0 Å². The molecule has 0 bridgehead atoms. The molecule has 2 rings (SSSR count). The van der Waals surface area contributed by atoms with E-state index in [9.17, 15) is 0 Å². The molecule has 18 heavy (non-hydrogen) atoms. The SMILES string of the molecule is CCc1ccc(-c2cc(C)c(CC)c(C)c2)cc1. The van der Waals surface area contributed by atoms with Gasteiger partial charge in [-0.15, -0.1) is 0 Å². The van der Waals surface area contributed by atoms with Gasteiger partial charge in [-0.3, -0.25) is 0 Å². The summed E-state index contributed by atoms with van der Waals surface area (Å²) in [4.78, 5) is 0. The molecule has 0 unspecified atom stereocenters. The van der Waals surface area contributed by atoms with Crippen molar-refractivity contribution in [1.29, 1.82) is 0 Å². The lowest BCUT2D eigenvalue weighted by Crippen LogP contribution is -1.93. The summed E-state index contributed by atoms with van der Waals surface area (Å²) >= 11 is 0. The van der Waals surface area contributed by atoms with Crippen LogP contribution in [0.25, 0.3) is 11.1 Å². The van der Waals surface area contributed by atoms with E-state index >= 15 is 0 Å². The third-order valence-corrected chi connectivity index (χ3v) is 3.75. The van der Waals surface area contributed by atoms with Crippen LogP contribution in [-0.2, 0) is 12.8 Å². The lowest BCUT2D eigenvalue weighted by Gasteiger charge is -2.11. The summed E-state index contributed by atoms with van der Waals surface area (Å²) in [5, 5.41) is 0. The first-order valence-corrected chi connectivity index (χ1v) is 6.85. The third-order valence-electron chi connectivity index (χ3n) is 3.75. The molecule has 0 saturated heterocycles. The average Bonchev–Trinajstić information content (AvgIpc) is 2.38. The molecule has 94 valence electrons. The molecule has 0 spiro atoms. The molecule has 2 aromatic carbocycles. The van der Waals surface area contributed by atoms with Crippen molar-refractivity contribution in [1.82, 2.24) is 0 Å². The fourth-order valence-corrected chi connectivity index (χ4v) is 2.65. The van der Waals surface area contributed by atoms with E-state index in [1.54, 1.807) is 0 Å². The molecule has 0 nitrogen and oxygen atoms in total.